The number of carboxylic acid groups (broad SMARTS) is 1. The van der Waals surface area contributed by atoms with Gasteiger partial charge in [-0.3, -0.25) is 10.1 Å². The molecule has 0 aliphatic carbocycles. The second-order valence-corrected chi connectivity index (χ2v) is 4.61. The first-order valence-electron chi connectivity index (χ1n) is 6.25. The van der Waals surface area contributed by atoms with E-state index in [1.54, 1.807) is 0 Å². The van der Waals surface area contributed by atoms with Crippen LogP contribution in [0.2, 0.25) is 5.15 Å². The summed E-state index contributed by atoms with van der Waals surface area (Å²) in [5, 5.41) is 11.2. The molecule has 2 aromatic rings. The molecule has 22 heavy (non-hydrogen) atoms. The Balaban J connectivity index is 2.02. The van der Waals surface area contributed by atoms with Crippen LogP contribution in [0.4, 0.5) is 10.6 Å². The second kappa shape index (κ2) is 7.37. The minimum Gasteiger partial charge on any atom is -0.481 e. The molecule has 0 spiro atoms. The third-order valence-electron chi connectivity index (χ3n) is 2.65. The second-order valence-electron chi connectivity index (χ2n) is 4.25. The number of halogens is 1. The number of carbonyl (C=O) groups is 2. The van der Waals surface area contributed by atoms with Crippen molar-refractivity contribution in [3.63, 3.8) is 0 Å². The van der Waals surface area contributed by atoms with E-state index in [9.17, 15) is 9.59 Å². The van der Waals surface area contributed by atoms with Gasteiger partial charge in [0, 0.05) is 5.56 Å². The van der Waals surface area contributed by atoms with E-state index in [4.69, 9.17) is 21.4 Å². The molecule has 0 saturated carbocycles. The maximum absolute atomic E-state index is 11.8. The average molecular weight is 322 g/mol. The molecule has 1 aromatic heterocycles. The number of anilines is 1. The minimum absolute atomic E-state index is 0.0143. The van der Waals surface area contributed by atoms with Crippen molar-refractivity contribution >= 4 is 29.5 Å². The highest BCUT2D eigenvalue weighted by Crippen LogP contribution is 2.20. The molecule has 0 saturated heterocycles. The van der Waals surface area contributed by atoms with Crippen molar-refractivity contribution in [1.82, 2.24) is 9.97 Å². The van der Waals surface area contributed by atoms with Crippen molar-refractivity contribution in [2.24, 2.45) is 0 Å². The van der Waals surface area contributed by atoms with Crippen LogP contribution in [0.1, 0.15) is 11.1 Å². The van der Waals surface area contributed by atoms with E-state index in [1.165, 1.54) is 0 Å². The maximum Gasteiger partial charge on any atom is 0.413 e. The van der Waals surface area contributed by atoms with Gasteiger partial charge < -0.3 is 9.84 Å². The molecule has 2 rings (SSSR count). The number of hydrogen-bond donors (Lipinski definition) is 2. The number of aromatic nitrogens is 2. The molecule has 0 atom stereocenters. The molecule has 0 aliphatic rings. The molecule has 1 amide bonds. The van der Waals surface area contributed by atoms with Gasteiger partial charge in [0.05, 0.1) is 6.42 Å². The molecule has 0 aliphatic heterocycles. The van der Waals surface area contributed by atoms with Crippen LogP contribution in [0.15, 0.2) is 36.7 Å². The molecular formula is C14H12ClN3O4. The Hall–Kier alpha value is -2.67. The number of amides is 1. The van der Waals surface area contributed by atoms with Crippen molar-refractivity contribution < 1.29 is 19.4 Å². The monoisotopic (exact) mass is 321 g/mol. The highest BCUT2D eigenvalue weighted by Gasteiger charge is 2.16. The molecule has 8 heteroatoms. The van der Waals surface area contributed by atoms with Gasteiger partial charge in [-0.15, -0.1) is 0 Å². The first kappa shape index (κ1) is 15.7. The molecule has 0 radical (unpaired) electrons. The van der Waals surface area contributed by atoms with E-state index in [0.29, 0.717) is 0 Å². The van der Waals surface area contributed by atoms with Crippen LogP contribution >= 0.6 is 11.6 Å². The summed E-state index contributed by atoms with van der Waals surface area (Å²) in [6, 6.07) is 9.12. The molecule has 0 unspecified atom stereocenters. The van der Waals surface area contributed by atoms with Gasteiger partial charge in [0.2, 0.25) is 0 Å². The number of ether oxygens (including phenoxy) is 1. The SMILES string of the molecule is O=C(O)Cc1c(Cl)ncnc1NC(=O)OCc1ccccc1. The first-order valence-corrected chi connectivity index (χ1v) is 6.63. The van der Waals surface area contributed by atoms with Crippen LogP contribution in [-0.2, 0) is 22.6 Å². The fourth-order valence-electron chi connectivity index (χ4n) is 1.66. The summed E-state index contributed by atoms with van der Waals surface area (Å²) in [7, 11) is 0. The van der Waals surface area contributed by atoms with Crippen molar-refractivity contribution in [3.8, 4) is 0 Å². The van der Waals surface area contributed by atoms with E-state index < -0.39 is 18.5 Å². The van der Waals surface area contributed by atoms with Gasteiger partial charge in [0.25, 0.3) is 0 Å². The topological polar surface area (TPSA) is 101 Å². The Labute approximate surface area is 130 Å². The zero-order valence-electron chi connectivity index (χ0n) is 11.3. The summed E-state index contributed by atoms with van der Waals surface area (Å²) in [6.45, 7) is 0.0831. The van der Waals surface area contributed by atoms with Crippen molar-refractivity contribution in [2.75, 3.05) is 5.32 Å². The van der Waals surface area contributed by atoms with E-state index in [2.05, 4.69) is 15.3 Å². The van der Waals surface area contributed by atoms with E-state index in [0.717, 1.165) is 11.9 Å². The van der Waals surface area contributed by atoms with Crippen molar-refractivity contribution in [3.05, 3.63) is 52.9 Å². The Kier molecular flexibility index (Phi) is 5.26. The zero-order chi connectivity index (χ0) is 15.9. The van der Waals surface area contributed by atoms with Gasteiger partial charge in [0.15, 0.2) is 0 Å². The lowest BCUT2D eigenvalue weighted by Gasteiger charge is -2.10. The van der Waals surface area contributed by atoms with Gasteiger partial charge in [-0.2, -0.15) is 0 Å². The summed E-state index contributed by atoms with van der Waals surface area (Å²) < 4.78 is 5.03. The number of rotatable bonds is 5. The Morgan fingerprint density at radius 2 is 1.95 bits per heavy atom. The standard InChI is InChI=1S/C14H12ClN3O4/c15-12-10(6-11(19)20)13(17-8-16-12)18-14(21)22-7-9-4-2-1-3-5-9/h1-5,8H,6-7H2,(H,19,20)(H,16,17,18,21). The highest BCUT2D eigenvalue weighted by atomic mass is 35.5. The summed E-state index contributed by atoms with van der Waals surface area (Å²) in [5.41, 5.74) is 0.942. The molecule has 0 bridgehead atoms. The number of nitrogens with one attached hydrogen (secondary N) is 1. The highest BCUT2D eigenvalue weighted by molar-refractivity contribution is 6.30. The zero-order valence-corrected chi connectivity index (χ0v) is 12.1. The predicted molar refractivity (Wildman–Crippen MR) is 78.6 cm³/mol. The smallest absolute Gasteiger partial charge is 0.413 e. The third-order valence-corrected chi connectivity index (χ3v) is 2.98. The molecule has 1 heterocycles. The molecule has 0 fully saturated rings. The number of benzene rings is 1. The molecule has 1 aromatic carbocycles. The lowest BCUT2D eigenvalue weighted by Crippen LogP contribution is -2.17. The molecule has 2 N–H and O–H groups in total. The van der Waals surface area contributed by atoms with E-state index >= 15 is 0 Å². The predicted octanol–water partition coefficient (Wildman–Crippen LogP) is 2.51. The molecule has 7 nitrogen and oxygen atoms in total. The van der Waals surface area contributed by atoms with Crippen LogP contribution in [0.3, 0.4) is 0 Å². The number of carbonyl (C=O) groups excluding carboxylic acids is 1. The van der Waals surface area contributed by atoms with Crippen molar-refractivity contribution in [1.29, 1.82) is 0 Å². The number of nitrogens with zero attached hydrogens (tertiary/aromatic N) is 2. The van der Waals surface area contributed by atoms with Crippen LogP contribution in [0.5, 0.6) is 0 Å². The summed E-state index contributed by atoms with van der Waals surface area (Å²) in [6.07, 6.45) is -0.0423. The lowest BCUT2D eigenvalue weighted by molar-refractivity contribution is -0.136. The van der Waals surface area contributed by atoms with Crippen LogP contribution in [0.25, 0.3) is 0 Å². The van der Waals surface area contributed by atoms with Gasteiger partial charge in [-0.1, -0.05) is 41.9 Å². The lowest BCUT2D eigenvalue weighted by atomic mass is 10.2. The summed E-state index contributed by atoms with van der Waals surface area (Å²) in [4.78, 5) is 30.1. The number of hydrogen-bond acceptors (Lipinski definition) is 5. The average Bonchev–Trinajstić information content (AvgIpc) is 2.49. The number of carboxylic acids is 1. The first-order chi connectivity index (χ1) is 10.6. The Bertz CT molecular complexity index is 679. The van der Waals surface area contributed by atoms with Gasteiger partial charge in [-0.25, -0.2) is 14.8 Å². The Morgan fingerprint density at radius 1 is 1.23 bits per heavy atom. The normalized spacial score (nSPS) is 10.0. The fraction of sp³-hybridized carbons (Fsp3) is 0.143. The van der Waals surface area contributed by atoms with Gasteiger partial charge in [0.1, 0.15) is 23.9 Å². The largest absolute Gasteiger partial charge is 0.481 e. The van der Waals surface area contributed by atoms with E-state index in [1.807, 2.05) is 30.3 Å². The third kappa shape index (κ3) is 4.42. The van der Waals surface area contributed by atoms with Crippen LogP contribution in [0, 0.1) is 0 Å². The molecule has 114 valence electrons. The van der Waals surface area contributed by atoms with Crippen molar-refractivity contribution in [2.45, 2.75) is 13.0 Å². The summed E-state index contributed by atoms with van der Waals surface area (Å²) in [5.74, 6) is -1.10. The van der Waals surface area contributed by atoms with Gasteiger partial charge >= 0.3 is 12.1 Å². The van der Waals surface area contributed by atoms with E-state index in [-0.39, 0.29) is 23.1 Å². The van der Waals surface area contributed by atoms with Crippen LogP contribution < -0.4 is 5.32 Å². The summed E-state index contributed by atoms with van der Waals surface area (Å²) >= 11 is 5.82. The Morgan fingerprint density at radius 3 is 2.64 bits per heavy atom. The maximum atomic E-state index is 11.8. The minimum atomic E-state index is -1.11. The molecular weight excluding hydrogens is 310 g/mol. The van der Waals surface area contributed by atoms with Crippen LogP contribution in [-0.4, -0.2) is 27.1 Å². The number of aliphatic carboxylic acids is 1. The fourth-order valence-corrected chi connectivity index (χ4v) is 1.86. The quantitative estimate of drug-likeness (QED) is 0.820. The van der Waals surface area contributed by atoms with Gasteiger partial charge in [-0.05, 0) is 5.56 Å².